The van der Waals surface area contributed by atoms with Gasteiger partial charge in [0, 0.05) is 25.6 Å². The van der Waals surface area contributed by atoms with Crippen molar-refractivity contribution >= 4 is 27.5 Å². The van der Waals surface area contributed by atoms with Gasteiger partial charge < -0.3 is 10.2 Å². The van der Waals surface area contributed by atoms with Gasteiger partial charge in [0.15, 0.2) is 0 Å². The minimum absolute atomic E-state index is 0.0354. The predicted molar refractivity (Wildman–Crippen MR) is 142 cm³/mol. The number of hydrogen-bond donors (Lipinski definition) is 1. The van der Waals surface area contributed by atoms with Gasteiger partial charge >= 0.3 is 0 Å². The van der Waals surface area contributed by atoms with Crippen molar-refractivity contribution in [1.29, 1.82) is 0 Å². The number of sulfonamides is 1. The number of nitrogens with zero attached hydrogens (tertiary/aromatic N) is 2. The molecule has 2 rings (SSSR count). The van der Waals surface area contributed by atoms with E-state index >= 15 is 0 Å². The first-order chi connectivity index (χ1) is 17.0. The van der Waals surface area contributed by atoms with Gasteiger partial charge in [-0.2, -0.15) is 0 Å². The van der Waals surface area contributed by atoms with Crippen LogP contribution in [0.5, 0.6) is 0 Å². The molecule has 0 saturated heterocycles. The first-order valence-corrected chi connectivity index (χ1v) is 14.2. The van der Waals surface area contributed by atoms with Crippen LogP contribution in [0.1, 0.15) is 57.6 Å². The molecule has 0 aromatic heterocycles. The van der Waals surface area contributed by atoms with Crippen molar-refractivity contribution in [3.63, 3.8) is 0 Å². The summed E-state index contributed by atoms with van der Waals surface area (Å²) in [4.78, 5) is 27.9. The summed E-state index contributed by atoms with van der Waals surface area (Å²) in [5, 5.41) is 2.95. The quantitative estimate of drug-likeness (QED) is 0.425. The normalized spacial score (nSPS) is 13.1. The zero-order chi connectivity index (χ0) is 26.9. The van der Waals surface area contributed by atoms with E-state index in [4.69, 9.17) is 0 Å². The molecule has 0 saturated carbocycles. The Balaban J connectivity index is 2.23. The molecule has 0 spiro atoms. The zero-order valence-electron chi connectivity index (χ0n) is 21.8. The molecule has 0 aliphatic rings. The van der Waals surface area contributed by atoms with E-state index in [1.165, 1.54) is 21.3 Å². The second-order valence-corrected chi connectivity index (χ2v) is 11.0. The smallest absolute Gasteiger partial charge is 0.243 e. The monoisotopic (exact) mass is 519 g/mol. The second-order valence-electron chi connectivity index (χ2n) is 9.12. The summed E-state index contributed by atoms with van der Waals surface area (Å²) >= 11 is 0. The van der Waals surface area contributed by atoms with Crippen molar-refractivity contribution < 1.29 is 22.4 Å². The molecule has 0 bridgehead atoms. The highest BCUT2D eigenvalue weighted by Gasteiger charge is 2.29. The second kappa shape index (κ2) is 13.4. The predicted octanol–water partition coefficient (Wildman–Crippen LogP) is 4.40. The zero-order valence-corrected chi connectivity index (χ0v) is 22.6. The lowest BCUT2D eigenvalue weighted by Crippen LogP contribution is -2.50. The maximum absolute atomic E-state index is 13.4. The van der Waals surface area contributed by atoms with Crippen molar-refractivity contribution in [2.75, 3.05) is 17.1 Å². The standard InChI is InChI=1S/C27H38FN3O4S/c1-6-21(4)29-27(33)24(7-2)30(19-22-14-16-23(28)17-15-22)26(32)13-10-18-31(36(5,34)35)25-12-9-8-11-20(25)3/h8-9,11-12,14-17,21,24H,6-7,10,13,18-19H2,1-5H3,(H,29,33)/t21-,24+/m1/s1. The summed E-state index contributed by atoms with van der Waals surface area (Å²) < 4.78 is 39.7. The third-order valence-corrected chi connectivity index (χ3v) is 7.37. The summed E-state index contributed by atoms with van der Waals surface area (Å²) in [5.74, 6) is -0.876. The number of rotatable bonds is 13. The average Bonchev–Trinajstić information content (AvgIpc) is 2.82. The number of nitrogens with one attached hydrogen (secondary N) is 1. The van der Waals surface area contributed by atoms with Gasteiger partial charge in [0.1, 0.15) is 11.9 Å². The molecule has 9 heteroatoms. The SMILES string of the molecule is CC[C@@H](C)NC(=O)[C@H](CC)N(Cc1ccc(F)cc1)C(=O)CCCN(c1ccccc1C)S(C)(=O)=O. The number of anilines is 1. The fourth-order valence-corrected chi connectivity index (χ4v) is 5.00. The molecule has 0 aliphatic heterocycles. The summed E-state index contributed by atoms with van der Waals surface area (Å²) in [7, 11) is -3.55. The fourth-order valence-electron chi connectivity index (χ4n) is 3.97. The molecule has 2 amide bonds. The van der Waals surface area contributed by atoms with Crippen LogP contribution in [-0.4, -0.2) is 50.0 Å². The van der Waals surface area contributed by atoms with E-state index < -0.39 is 16.1 Å². The highest BCUT2D eigenvalue weighted by molar-refractivity contribution is 7.92. The van der Waals surface area contributed by atoms with Crippen LogP contribution in [0.4, 0.5) is 10.1 Å². The van der Waals surface area contributed by atoms with Crippen LogP contribution in [0.2, 0.25) is 0 Å². The molecule has 36 heavy (non-hydrogen) atoms. The molecule has 2 aromatic rings. The topological polar surface area (TPSA) is 86.8 Å². The minimum Gasteiger partial charge on any atom is -0.352 e. The van der Waals surface area contributed by atoms with Crippen LogP contribution in [0, 0.1) is 12.7 Å². The number of halogens is 1. The van der Waals surface area contributed by atoms with E-state index in [2.05, 4.69) is 5.32 Å². The fraction of sp³-hybridized carbons (Fsp3) is 0.481. The number of aryl methyl sites for hydroxylation is 1. The average molecular weight is 520 g/mol. The van der Waals surface area contributed by atoms with Gasteiger partial charge in [0.25, 0.3) is 0 Å². The Morgan fingerprint density at radius 3 is 2.22 bits per heavy atom. The largest absolute Gasteiger partial charge is 0.352 e. The third kappa shape index (κ3) is 8.33. The lowest BCUT2D eigenvalue weighted by molar-refractivity contribution is -0.141. The molecule has 198 valence electrons. The molecular formula is C27H38FN3O4S. The number of amides is 2. The Hall–Kier alpha value is -2.94. The Bertz CT molecular complexity index is 1120. The molecule has 2 aromatic carbocycles. The van der Waals surface area contributed by atoms with Crippen molar-refractivity contribution in [2.24, 2.45) is 0 Å². The molecule has 0 radical (unpaired) electrons. The Morgan fingerprint density at radius 2 is 1.67 bits per heavy atom. The van der Waals surface area contributed by atoms with Crippen LogP contribution in [0.15, 0.2) is 48.5 Å². The van der Waals surface area contributed by atoms with Crippen molar-refractivity contribution in [3.8, 4) is 0 Å². The highest BCUT2D eigenvalue weighted by Crippen LogP contribution is 2.23. The number of para-hydroxylation sites is 1. The maximum atomic E-state index is 13.4. The van der Waals surface area contributed by atoms with Gasteiger partial charge in [-0.05, 0) is 62.4 Å². The molecule has 2 atom stereocenters. The van der Waals surface area contributed by atoms with E-state index in [1.807, 2.05) is 39.8 Å². The first-order valence-electron chi connectivity index (χ1n) is 12.4. The maximum Gasteiger partial charge on any atom is 0.243 e. The van der Waals surface area contributed by atoms with E-state index in [0.29, 0.717) is 17.7 Å². The number of carbonyl (C=O) groups is 2. The van der Waals surface area contributed by atoms with Gasteiger partial charge in [-0.1, -0.05) is 44.2 Å². The van der Waals surface area contributed by atoms with Crippen LogP contribution in [0.3, 0.4) is 0 Å². The van der Waals surface area contributed by atoms with Gasteiger partial charge in [0.05, 0.1) is 11.9 Å². The van der Waals surface area contributed by atoms with Gasteiger partial charge in [-0.25, -0.2) is 12.8 Å². The molecule has 0 aliphatic carbocycles. The van der Waals surface area contributed by atoms with Crippen molar-refractivity contribution in [1.82, 2.24) is 10.2 Å². The minimum atomic E-state index is -3.55. The molecule has 0 fully saturated rings. The van der Waals surface area contributed by atoms with E-state index in [0.717, 1.165) is 18.2 Å². The van der Waals surface area contributed by atoms with Gasteiger partial charge in [-0.3, -0.25) is 13.9 Å². The highest BCUT2D eigenvalue weighted by atomic mass is 32.2. The van der Waals surface area contributed by atoms with Crippen LogP contribution >= 0.6 is 0 Å². The van der Waals surface area contributed by atoms with Gasteiger partial charge in [-0.15, -0.1) is 0 Å². The number of hydrogen-bond acceptors (Lipinski definition) is 4. The molecule has 0 heterocycles. The molecule has 1 N–H and O–H groups in total. The van der Waals surface area contributed by atoms with Crippen LogP contribution in [0.25, 0.3) is 0 Å². The Labute approximate surface area is 214 Å². The molecule has 0 unspecified atom stereocenters. The summed E-state index contributed by atoms with van der Waals surface area (Å²) in [5.41, 5.74) is 2.10. The number of benzene rings is 2. The molecular weight excluding hydrogens is 481 g/mol. The lowest BCUT2D eigenvalue weighted by Gasteiger charge is -2.32. The van der Waals surface area contributed by atoms with Gasteiger partial charge in [0.2, 0.25) is 21.8 Å². The first kappa shape index (κ1) is 29.3. The van der Waals surface area contributed by atoms with E-state index in [1.54, 1.807) is 24.3 Å². The summed E-state index contributed by atoms with van der Waals surface area (Å²) in [6, 6.07) is 12.3. The van der Waals surface area contributed by atoms with E-state index in [-0.39, 0.29) is 49.6 Å². The summed E-state index contributed by atoms with van der Waals surface area (Å²) in [6.45, 7) is 7.84. The lowest BCUT2D eigenvalue weighted by atomic mass is 10.1. The molecule has 7 nitrogen and oxygen atoms in total. The van der Waals surface area contributed by atoms with E-state index in [9.17, 15) is 22.4 Å². The summed E-state index contributed by atoms with van der Waals surface area (Å²) in [6.07, 6.45) is 2.66. The number of carbonyl (C=O) groups excluding carboxylic acids is 2. The van der Waals surface area contributed by atoms with Crippen LogP contribution in [-0.2, 0) is 26.2 Å². The Morgan fingerprint density at radius 1 is 1.03 bits per heavy atom. The van der Waals surface area contributed by atoms with Crippen LogP contribution < -0.4 is 9.62 Å². The third-order valence-electron chi connectivity index (χ3n) is 6.19. The van der Waals surface area contributed by atoms with Crippen molar-refractivity contribution in [2.45, 2.75) is 72.0 Å². The van der Waals surface area contributed by atoms with Crippen molar-refractivity contribution in [3.05, 3.63) is 65.5 Å². The Kier molecular flexibility index (Phi) is 10.9.